The van der Waals surface area contributed by atoms with Crippen molar-refractivity contribution in [3.05, 3.63) is 29.8 Å². The Hall–Kier alpha value is -1.06. The molecule has 0 aliphatic carbocycles. The second-order valence-electron chi connectivity index (χ2n) is 5.91. The van der Waals surface area contributed by atoms with Crippen molar-refractivity contribution in [3.8, 4) is 5.75 Å². The van der Waals surface area contributed by atoms with Crippen LogP contribution in [0.3, 0.4) is 0 Å². The van der Waals surface area contributed by atoms with Gasteiger partial charge in [0.05, 0.1) is 6.61 Å². The molecule has 0 aromatic heterocycles. The third-order valence-corrected chi connectivity index (χ3v) is 4.33. The monoisotopic (exact) mass is 260 g/mol. The lowest BCUT2D eigenvalue weighted by molar-refractivity contribution is 0.194. The van der Waals surface area contributed by atoms with Gasteiger partial charge in [-0.2, -0.15) is 0 Å². The summed E-state index contributed by atoms with van der Waals surface area (Å²) < 4.78 is 5.71. The lowest BCUT2D eigenvalue weighted by Crippen LogP contribution is -2.39. The Labute approximate surface area is 115 Å². The van der Waals surface area contributed by atoms with Crippen LogP contribution in [-0.4, -0.2) is 38.2 Å². The van der Waals surface area contributed by atoms with Gasteiger partial charge >= 0.3 is 0 Å². The highest BCUT2D eigenvalue weighted by atomic mass is 16.5. The van der Waals surface area contributed by atoms with Crippen molar-refractivity contribution in [2.75, 3.05) is 33.3 Å². The number of fused-ring (bicyclic) bond motifs is 1. The first-order chi connectivity index (χ1) is 9.33. The Morgan fingerprint density at radius 2 is 2.21 bits per heavy atom. The Kier molecular flexibility index (Phi) is 4.04. The molecule has 1 aromatic carbocycles. The Morgan fingerprint density at radius 3 is 3.11 bits per heavy atom. The van der Waals surface area contributed by atoms with E-state index in [-0.39, 0.29) is 0 Å². The van der Waals surface area contributed by atoms with E-state index in [2.05, 4.69) is 41.5 Å². The summed E-state index contributed by atoms with van der Waals surface area (Å²) in [4.78, 5) is 2.45. The molecular weight excluding hydrogens is 236 g/mol. The summed E-state index contributed by atoms with van der Waals surface area (Å²) in [6, 6.07) is 8.90. The molecule has 2 aliphatic rings. The zero-order chi connectivity index (χ0) is 13.1. The Balaban J connectivity index is 1.59. The van der Waals surface area contributed by atoms with E-state index in [1.165, 1.54) is 31.5 Å². The van der Waals surface area contributed by atoms with Crippen LogP contribution in [0.1, 0.15) is 30.9 Å². The van der Waals surface area contributed by atoms with Crippen molar-refractivity contribution in [1.82, 2.24) is 10.2 Å². The smallest absolute Gasteiger partial charge is 0.124 e. The average molecular weight is 260 g/mol. The third-order valence-electron chi connectivity index (χ3n) is 4.33. The van der Waals surface area contributed by atoms with Crippen LogP contribution in [0.15, 0.2) is 24.3 Å². The second kappa shape index (κ2) is 5.93. The summed E-state index contributed by atoms with van der Waals surface area (Å²) in [7, 11) is 2.23. The normalized spacial score (nSPS) is 27.6. The highest BCUT2D eigenvalue weighted by molar-refractivity contribution is 5.37. The van der Waals surface area contributed by atoms with Crippen molar-refractivity contribution >= 4 is 0 Å². The van der Waals surface area contributed by atoms with Gasteiger partial charge in [0.2, 0.25) is 0 Å². The fourth-order valence-corrected chi connectivity index (χ4v) is 3.30. The molecule has 0 radical (unpaired) electrons. The molecule has 2 unspecified atom stereocenters. The van der Waals surface area contributed by atoms with Gasteiger partial charge in [-0.1, -0.05) is 18.2 Å². The van der Waals surface area contributed by atoms with Crippen LogP contribution in [0, 0.1) is 5.92 Å². The summed E-state index contributed by atoms with van der Waals surface area (Å²) in [5, 5.41) is 3.76. The number of para-hydroxylation sites is 1. The van der Waals surface area contributed by atoms with Gasteiger partial charge in [0.25, 0.3) is 0 Å². The summed E-state index contributed by atoms with van der Waals surface area (Å²) >= 11 is 0. The molecule has 2 atom stereocenters. The second-order valence-corrected chi connectivity index (χ2v) is 5.91. The first-order valence-electron chi connectivity index (χ1n) is 7.46. The average Bonchev–Trinajstić information content (AvgIpc) is 2.45. The molecule has 1 saturated heterocycles. The molecule has 19 heavy (non-hydrogen) atoms. The number of ether oxygens (including phenoxy) is 1. The summed E-state index contributed by atoms with van der Waals surface area (Å²) in [6.45, 7) is 4.46. The van der Waals surface area contributed by atoms with Crippen LogP contribution in [0.2, 0.25) is 0 Å². The number of likely N-dealkylation sites (tertiary alicyclic amines) is 1. The summed E-state index contributed by atoms with van der Waals surface area (Å²) in [6.07, 6.45) is 3.79. The first-order valence-corrected chi connectivity index (χ1v) is 7.46. The highest BCUT2D eigenvalue weighted by Gasteiger charge is 2.23. The molecule has 0 spiro atoms. The molecule has 1 N–H and O–H groups in total. The van der Waals surface area contributed by atoms with E-state index in [4.69, 9.17) is 4.74 Å². The first kappa shape index (κ1) is 12.9. The Morgan fingerprint density at radius 1 is 1.32 bits per heavy atom. The maximum atomic E-state index is 5.71. The van der Waals surface area contributed by atoms with Gasteiger partial charge in [0.15, 0.2) is 0 Å². The van der Waals surface area contributed by atoms with Crippen LogP contribution in [0.25, 0.3) is 0 Å². The topological polar surface area (TPSA) is 24.5 Å². The minimum Gasteiger partial charge on any atom is -0.493 e. The number of nitrogens with one attached hydrogen (secondary N) is 1. The van der Waals surface area contributed by atoms with Crippen LogP contribution in [-0.2, 0) is 0 Å². The fourth-order valence-electron chi connectivity index (χ4n) is 3.30. The summed E-state index contributed by atoms with van der Waals surface area (Å²) in [5.74, 6) is 1.86. The standard InChI is InChI=1S/C16H24N2O/c1-18-9-4-5-13(12-18)11-17-15-8-10-19-16-7-3-2-6-14(15)16/h2-3,6-7,13,15,17H,4-5,8-12H2,1H3. The maximum absolute atomic E-state index is 5.71. The van der Waals surface area contributed by atoms with E-state index < -0.39 is 0 Å². The van der Waals surface area contributed by atoms with Gasteiger partial charge in [-0.05, 0) is 45.0 Å². The van der Waals surface area contributed by atoms with Crippen molar-refractivity contribution < 1.29 is 4.74 Å². The number of nitrogens with zero attached hydrogens (tertiary/aromatic N) is 1. The lowest BCUT2D eigenvalue weighted by Gasteiger charge is -2.32. The van der Waals surface area contributed by atoms with Crippen LogP contribution in [0.5, 0.6) is 5.75 Å². The molecule has 1 fully saturated rings. The van der Waals surface area contributed by atoms with Gasteiger partial charge in [0, 0.05) is 24.6 Å². The number of benzene rings is 1. The number of rotatable bonds is 3. The van der Waals surface area contributed by atoms with Crippen LogP contribution < -0.4 is 10.1 Å². The molecule has 2 aliphatic heterocycles. The molecule has 3 rings (SSSR count). The van der Waals surface area contributed by atoms with Crippen molar-refractivity contribution in [3.63, 3.8) is 0 Å². The molecule has 0 bridgehead atoms. The van der Waals surface area contributed by atoms with Crippen LogP contribution in [0.4, 0.5) is 0 Å². The molecule has 0 amide bonds. The van der Waals surface area contributed by atoms with Crippen LogP contribution >= 0.6 is 0 Å². The van der Waals surface area contributed by atoms with E-state index in [1.807, 2.05) is 0 Å². The van der Waals surface area contributed by atoms with Crippen molar-refractivity contribution in [1.29, 1.82) is 0 Å². The molecule has 3 nitrogen and oxygen atoms in total. The van der Waals surface area contributed by atoms with Gasteiger partial charge < -0.3 is 15.0 Å². The molecule has 2 heterocycles. The van der Waals surface area contributed by atoms with Gasteiger partial charge in [-0.3, -0.25) is 0 Å². The number of hydrogen-bond donors (Lipinski definition) is 1. The molecule has 0 saturated carbocycles. The van der Waals surface area contributed by atoms with E-state index >= 15 is 0 Å². The third kappa shape index (κ3) is 3.10. The molecule has 1 aromatic rings. The zero-order valence-electron chi connectivity index (χ0n) is 11.8. The van der Waals surface area contributed by atoms with E-state index in [0.29, 0.717) is 6.04 Å². The SMILES string of the molecule is CN1CCCC(CNC2CCOc3ccccc32)C1. The van der Waals surface area contributed by atoms with Gasteiger partial charge in [0.1, 0.15) is 5.75 Å². The van der Waals surface area contributed by atoms with E-state index in [0.717, 1.165) is 31.2 Å². The van der Waals surface area contributed by atoms with Gasteiger partial charge in [-0.15, -0.1) is 0 Å². The van der Waals surface area contributed by atoms with E-state index in [9.17, 15) is 0 Å². The predicted octanol–water partition coefficient (Wildman–Crippen LogP) is 2.44. The van der Waals surface area contributed by atoms with Crippen molar-refractivity contribution in [2.45, 2.75) is 25.3 Å². The fraction of sp³-hybridized carbons (Fsp3) is 0.625. The Bertz CT molecular complexity index is 421. The molecule has 3 heteroatoms. The number of hydrogen-bond acceptors (Lipinski definition) is 3. The maximum Gasteiger partial charge on any atom is 0.124 e. The lowest BCUT2D eigenvalue weighted by atomic mass is 9.96. The quantitative estimate of drug-likeness (QED) is 0.903. The summed E-state index contributed by atoms with van der Waals surface area (Å²) in [5.41, 5.74) is 1.33. The zero-order valence-corrected chi connectivity index (χ0v) is 11.8. The molecular formula is C16H24N2O. The number of piperidine rings is 1. The molecule has 104 valence electrons. The van der Waals surface area contributed by atoms with Gasteiger partial charge in [-0.25, -0.2) is 0 Å². The minimum absolute atomic E-state index is 0.470. The predicted molar refractivity (Wildman–Crippen MR) is 77.5 cm³/mol. The largest absolute Gasteiger partial charge is 0.493 e. The van der Waals surface area contributed by atoms with E-state index in [1.54, 1.807) is 0 Å². The highest BCUT2D eigenvalue weighted by Crippen LogP contribution is 2.31. The van der Waals surface area contributed by atoms with Crippen molar-refractivity contribution in [2.24, 2.45) is 5.92 Å². The minimum atomic E-state index is 0.470.